The van der Waals surface area contributed by atoms with E-state index in [-0.39, 0.29) is 0 Å². The lowest BCUT2D eigenvalue weighted by Crippen LogP contribution is -2.26. The van der Waals surface area contributed by atoms with Gasteiger partial charge in [0.05, 0.1) is 17.8 Å². The summed E-state index contributed by atoms with van der Waals surface area (Å²) in [6.07, 6.45) is 1.86. The number of oxime groups is 1. The second kappa shape index (κ2) is 5.55. The van der Waals surface area contributed by atoms with Crippen molar-refractivity contribution in [3.8, 4) is 0 Å². The summed E-state index contributed by atoms with van der Waals surface area (Å²) in [6.45, 7) is 4.38. The normalized spacial score (nSPS) is 25.8. The first-order valence-electron chi connectivity index (χ1n) is 5.37. The van der Waals surface area contributed by atoms with Gasteiger partial charge in [-0.1, -0.05) is 30.6 Å². The zero-order chi connectivity index (χ0) is 12.4. The molecule has 92 valence electrons. The molecule has 0 radical (unpaired) electrons. The van der Waals surface area contributed by atoms with Gasteiger partial charge in [0.25, 0.3) is 0 Å². The Morgan fingerprint density at radius 1 is 1.41 bits per heavy atom. The van der Waals surface area contributed by atoms with Gasteiger partial charge in [-0.15, -0.1) is 11.8 Å². The van der Waals surface area contributed by atoms with Crippen molar-refractivity contribution in [2.75, 3.05) is 6.26 Å². The van der Waals surface area contributed by atoms with Gasteiger partial charge in [-0.2, -0.15) is 0 Å². The van der Waals surface area contributed by atoms with Crippen molar-refractivity contribution < 1.29 is 4.28 Å². The summed E-state index contributed by atoms with van der Waals surface area (Å²) in [7, 11) is 0. The number of rotatable bonds is 2. The molecule has 2 rings (SSSR count). The van der Waals surface area contributed by atoms with E-state index < -0.39 is 0 Å². The van der Waals surface area contributed by atoms with E-state index in [4.69, 9.17) is 15.9 Å². The van der Waals surface area contributed by atoms with Crippen molar-refractivity contribution in [3.63, 3.8) is 0 Å². The van der Waals surface area contributed by atoms with Gasteiger partial charge >= 0.3 is 0 Å². The average molecular weight is 288 g/mol. The maximum absolute atomic E-state index is 6.05. The maximum Gasteiger partial charge on any atom is 0.0935 e. The third kappa shape index (κ3) is 2.75. The summed E-state index contributed by atoms with van der Waals surface area (Å²) in [4.78, 5) is 1.23. The topological polar surface area (TPSA) is 21.6 Å². The molecule has 0 aromatic heterocycles. The molecule has 0 bridgehead atoms. The number of nitrogens with zero attached hydrogens (tertiary/aromatic N) is 1. The summed E-state index contributed by atoms with van der Waals surface area (Å²) in [6, 6.07) is 5.94. The Morgan fingerprint density at radius 3 is 2.88 bits per heavy atom. The van der Waals surface area contributed by atoms with Gasteiger partial charge in [-0.3, -0.25) is 0 Å². The van der Waals surface area contributed by atoms with E-state index in [1.54, 1.807) is 0 Å². The van der Waals surface area contributed by atoms with Crippen LogP contribution in [0.3, 0.4) is 0 Å². The Balaban J connectivity index is 2.47. The Bertz CT molecular complexity index is 450. The number of thioether (sulfide) groups is 1. The summed E-state index contributed by atoms with van der Waals surface area (Å²) in [5.41, 5.74) is 2.09. The van der Waals surface area contributed by atoms with E-state index >= 15 is 0 Å². The standard InChI is InChI=1S/C12H14ClNOS2/c1-7-8(2)17-11-5-4-9(13)6-10(11)12(7)14-15-16-3/h4-8H,1-3H3/b14-12+. The van der Waals surface area contributed by atoms with Crippen LogP contribution in [0.5, 0.6) is 0 Å². The molecule has 0 N–H and O–H groups in total. The van der Waals surface area contributed by atoms with Crippen molar-refractivity contribution >= 4 is 41.1 Å². The van der Waals surface area contributed by atoms with Crippen LogP contribution in [0.15, 0.2) is 28.3 Å². The molecule has 1 aromatic carbocycles. The highest BCUT2D eigenvalue weighted by Crippen LogP contribution is 2.39. The number of hydrogen-bond donors (Lipinski definition) is 0. The highest BCUT2D eigenvalue weighted by Gasteiger charge is 2.29. The molecule has 2 unspecified atom stereocenters. The molecule has 17 heavy (non-hydrogen) atoms. The third-order valence-corrected chi connectivity index (χ3v) is 4.72. The average Bonchev–Trinajstić information content (AvgIpc) is 2.31. The second-order valence-electron chi connectivity index (χ2n) is 3.97. The van der Waals surface area contributed by atoms with Crippen LogP contribution >= 0.6 is 35.4 Å². The zero-order valence-electron chi connectivity index (χ0n) is 9.94. The van der Waals surface area contributed by atoms with Gasteiger partial charge in [-0.05, 0) is 18.2 Å². The van der Waals surface area contributed by atoms with Crippen molar-refractivity contribution in [2.24, 2.45) is 11.1 Å². The second-order valence-corrected chi connectivity index (χ2v) is 6.31. The third-order valence-electron chi connectivity index (χ3n) is 2.88. The van der Waals surface area contributed by atoms with Gasteiger partial charge in [0.15, 0.2) is 0 Å². The minimum Gasteiger partial charge on any atom is -0.322 e. The van der Waals surface area contributed by atoms with Crippen LogP contribution in [0.25, 0.3) is 0 Å². The molecule has 0 amide bonds. The summed E-state index contributed by atoms with van der Waals surface area (Å²) < 4.78 is 5.14. The molecule has 1 aliphatic rings. The van der Waals surface area contributed by atoms with Crippen molar-refractivity contribution in [1.29, 1.82) is 0 Å². The summed E-state index contributed by atoms with van der Waals surface area (Å²) >= 11 is 9.16. The molecule has 1 aromatic rings. The first kappa shape index (κ1) is 13.1. The Hall–Kier alpha value is -0.320. The lowest BCUT2D eigenvalue weighted by atomic mass is 9.95. The van der Waals surface area contributed by atoms with Gasteiger partial charge in [0, 0.05) is 32.9 Å². The minimum atomic E-state index is 0.359. The molecule has 1 heterocycles. The maximum atomic E-state index is 6.05. The Morgan fingerprint density at radius 2 is 2.18 bits per heavy atom. The molecule has 2 nitrogen and oxygen atoms in total. The molecule has 0 fully saturated rings. The van der Waals surface area contributed by atoms with E-state index in [0.29, 0.717) is 11.2 Å². The van der Waals surface area contributed by atoms with Crippen LogP contribution in [0, 0.1) is 5.92 Å². The van der Waals surface area contributed by atoms with E-state index in [2.05, 4.69) is 25.1 Å². The van der Waals surface area contributed by atoms with E-state index in [9.17, 15) is 0 Å². The molecular weight excluding hydrogens is 274 g/mol. The molecular formula is C12H14ClNOS2. The highest BCUT2D eigenvalue weighted by molar-refractivity contribution is 8.00. The van der Waals surface area contributed by atoms with Crippen LogP contribution in [0.1, 0.15) is 19.4 Å². The quantitative estimate of drug-likeness (QED) is 0.592. The van der Waals surface area contributed by atoms with E-state index in [0.717, 1.165) is 16.3 Å². The van der Waals surface area contributed by atoms with Crippen molar-refractivity contribution in [1.82, 2.24) is 0 Å². The lowest BCUT2D eigenvalue weighted by Gasteiger charge is -2.28. The largest absolute Gasteiger partial charge is 0.322 e. The first-order chi connectivity index (χ1) is 8.13. The van der Waals surface area contributed by atoms with Crippen LogP contribution in [0.2, 0.25) is 5.02 Å². The molecule has 1 aliphatic heterocycles. The molecule has 0 saturated heterocycles. The fraction of sp³-hybridized carbons (Fsp3) is 0.417. The van der Waals surface area contributed by atoms with Crippen LogP contribution < -0.4 is 0 Å². The number of benzene rings is 1. The van der Waals surface area contributed by atoms with Crippen LogP contribution in [-0.2, 0) is 4.28 Å². The SMILES string of the molecule is CSO/N=C1/c2cc(Cl)ccc2SC(C)C1C. The fourth-order valence-corrected chi connectivity index (χ4v) is 3.28. The Kier molecular flexibility index (Phi) is 4.28. The van der Waals surface area contributed by atoms with E-state index in [1.165, 1.54) is 16.9 Å². The summed E-state index contributed by atoms with van der Waals surface area (Å²) in [5.74, 6) is 0.359. The van der Waals surface area contributed by atoms with E-state index in [1.807, 2.05) is 30.2 Å². The van der Waals surface area contributed by atoms with Gasteiger partial charge < -0.3 is 4.28 Å². The van der Waals surface area contributed by atoms with Crippen LogP contribution in [0.4, 0.5) is 0 Å². The van der Waals surface area contributed by atoms with Crippen molar-refractivity contribution in [3.05, 3.63) is 28.8 Å². The molecule has 0 aliphatic carbocycles. The molecule has 2 atom stereocenters. The van der Waals surface area contributed by atoms with Gasteiger partial charge in [0.1, 0.15) is 0 Å². The predicted molar refractivity (Wildman–Crippen MR) is 77.1 cm³/mol. The monoisotopic (exact) mass is 287 g/mol. The minimum absolute atomic E-state index is 0.359. The number of hydrogen-bond acceptors (Lipinski definition) is 4. The fourth-order valence-electron chi connectivity index (χ4n) is 1.78. The zero-order valence-corrected chi connectivity index (χ0v) is 12.3. The lowest BCUT2D eigenvalue weighted by molar-refractivity contribution is 0.402. The predicted octanol–water partition coefficient (Wildman–Crippen LogP) is 4.47. The summed E-state index contributed by atoms with van der Waals surface area (Å²) in [5, 5.41) is 5.46. The van der Waals surface area contributed by atoms with Gasteiger partial charge in [0.2, 0.25) is 0 Å². The smallest absolute Gasteiger partial charge is 0.0935 e. The number of fused-ring (bicyclic) bond motifs is 1. The van der Waals surface area contributed by atoms with Crippen LogP contribution in [-0.4, -0.2) is 17.2 Å². The van der Waals surface area contributed by atoms with Crippen molar-refractivity contribution in [2.45, 2.75) is 24.0 Å². The highest BCUT2D eigenvalue weighted by atomic mass is 35.5. The number of halogens is 1. The molecule has 0 spiro atoms. The van der Waals surface area contributed by atoms with Gasteiger partial charge in [-0.25, -0.2) is 0 Å². The molecule has 5 heteroatoms. The molecule has 0 saturated carbocycles. The first-order valence-corrected chi connectivity index (χ1v) is 7.78. The Labute approximate surface area is 115 Å².